The van der Waals surface area contributed by atoms with Gasteiger partial charge in [0.25, 0.3) is 0 Å². The van der Waals surface area contributed by atoms with Gasteiger partial charge in [0.2, 0.25) is 0 Å². The van der Waals surface area contributed by atoms with Gasteiger partial charge in [-0.3, -0.25) is 10.1 Å². The summed E-state index contributed by atoms with van der Waals surface area (Å²) in [4.78, 5) is 10.8. The van der Waals surface area contributed by atoms with Crippen LogP contribution in [0.2, 0.25) is 5.02 Å². The first-order chi connectivity index (χ1) is 9.45. The molecule has 0 unspecified atom stereocenters. The first kappa shape index (κ1) is 15.5. The molecule has 0 spiro atoms. The van der Waals surface area contributed by atoms with E-state index in [0.717, 1.165) is 18.2 Å². The van der Waals surface area contributed by atoms with E-state index in [-0.39, 0.29) is 5.02 Å². The number of fused-ring (bicyclic) bond motifs is 1. The average molecular weight is 336 g/mol. The molecule has 0 radical (unpaired) electrons. The fourth-order valence-corrected chi connectivity index (χ4v) is 1.60. The van der Waals surface area contributed by atoms with E-state index in [1.807, 2.05) is 0 Å². The third-order valence-electron chi connectivity index (χ3n) is 2.32. The number of carbonyl (C=O) groups excluding carboxylic acids is 1. The molecule has 1 aliphatic rings. The van der Waals surface area contributed by atoms with Crippen molar-refractivity contribution in [1.29, 1.82) is 0 Å². The molecule has 1 atom stereocenters. The fourth-order valence-electron chi connectivity index (χ4n) is 1.43. The number of carbonyl (C=O) groups is 1. The van der Waals surface area contributed by atoms with E-state index >= 15 is 0 Å². The number of ether oxygens (including phenoxy) is 2. The van der Waals surface area contributed by atoms with Gasteiger partial charge in [-0.25, -0.2) is 0 Å². The van der Waals surface area contributed by atoms with Crippen molar-refractivity contribution in [2.24, 2.45) is 0 Å². The number of nitrogens with one attached hydrogen (secondary N) is 1. The zero-order valence-electron chi connectivity index (χ0n) is 9.60. The molecular formula is C10H4ClF6NO3. The highest BCUT2D eigenvalue weighted by molar-refractivity contribution is 6.30. The number of hydrogen-bond donors (Lipinski definition) is 1. The largest absolute Gasteiger partial charge is 0.492 e. The van der Waals surface area contributed by atoms with Gasteiger partial charge in [0.1, 0.15) is 0 Å². The molecule has 0 fully saturated rings. The molecule has 0 bridgehead atoms. The Bertz CT molecular complexity index is 587. The van der Waals surface area contributed by atoms with Gasteiger partial charge in [-0.1, -0.05) is 11.6 Å². The van der Waals surface area contributed by atoms with Crippen molar-refractivity contribution >= 4 is 17.5 Å². The lowest BCUT2D eigenvalue weighted by Crippen LogP contribution is -2.66. The van der Waals surface area contributed by atoms with Gasteiger partial charge in [-0.15, -0.1) is 0 Å². The second-order valence-electron chi connectivity index (χ2n) is 3.86. The van der Waals surface area contributed by atoms with E-state index in [4.69, 9.17) is 11.6 Å². The quantitative estimate of drug-likeness (QED) is 0.803. The summed E-state index contributed by atoms with van der Waals surface area (Å²) >= 11 is 5.52. The monoisotopic (exact) mass is 335 g/mol. The van der Waals surface area contributed by atoms with E-state index < -0.39 is 35.7 Å². The molecule has 0 saturated carbocycles. The first-order valence-electron chi connectivity index (χ1n) is 5.08. The summed E-state index contributed by atoms with van der Waals surface area (Å²) in [6.45, 7) is 0. The lowest BCUT2D eigenvalue weighted by Gasteiger charge is -2.29. The van der Waals surface area contributed by atoms with E-state index in [0.29, 0.717) is 5.32 Å². The molecule has 0 aromatic heterocycles. The maximum Gasteiger partial charge on any atom is 0.492 e. The Morgan fingerprint density at radius 2 is 1.67 bits per heavy atom. The highest BCUT2D eigenvalue weighted by Gasteiger charge is 2.67. The van der Waals surface area contributed by atoms with Crippen LogP contribution < -0.4 is 14.8 Å². The fraction of sp³-hybridized carbons (Fsp3) is 0.300. The minimum atomic E-state index is -5.54. The lowest BCUT2D eigenvalue weighted by atomic mass is 10.3. The van der Waals surface area contributed by atoms with Gasteiger partial charge < -0.3 is 9.47 Å². The Balaban J connectivity index is 2.37. The van der Waals surface area contributed by atoms with Crippen LogP contribution in [0.25, 0.3) is 0 Å². The summed E-state index contributed by atoms with van der Waals surface area (Å²) < 4.78 is 84.0. The highest BCUT2D eigenvalue weighted by Crippen LogP contribution is 2.46. The molecule has 1 aromatic rings. The Kier molecular flexibility index (Phi) is 3.39. The molecule has 1 aliphatic heterocycles. The van der Waals surface area contributed by atoms with Crippen molar-refractivity contribution < 1.29 is 40.6 Å². The molecule has 1 N–H and O–H groups in total. The van der Waals surface area contributed by atoms with Crippen LogP contribution in [0.15, 0.2) is 18.2 Å². The zero-order chi connectivity index (χ0) is 16.1. The summed E-state index contributed by atoms with van der Waals surface area (Å²) in [6.07, 6.45) is -11.0. The molecule has 1 heterocycles. The van der Waals surface area contributed by atoms with Crippen molar-refractivity contribution in [3.8, 4) is 11.5 Å². The van der Waals surface area contributed by atoms with Crippen LogP contribution >= 0.6 is 11.6 Å². The highest BCUT2D eigenvalue weighted by atomic mass is 35.5. The van der Waals surface area contributed by atoms with Crippen LogP contribution in [0.4, 0.5) is 26.3 Å². The molecular weight excluding hydrogens is 332 g/mol. The van der Waals surface area contributed by atoms with Gasteiger partial charge in [0.15, 0.2) is 11.5 Å². The SMILES string of the molecule is O=C(N[C@@]1(C(F)(F)F)Oc2ccc(Cl)cc2O1)C(F)(F)F. The van der Waals surface area contributed by atoms with Crippen LogP contribution in [0.3, 0.4) is 0 Å². The number of alkyl halides is 6. The van der Waals surface area contributed by atoms with Gasteiger partial charge >= 0.3 is 24.2 Å². The van der Waals surface area contributed by atoms with Crippen molar-refractivity contribution in [3.63, 3.8) is 0 Å². The van der Waals surface area contributed by atoms with E-state index in [9.17, 15) is 31.1 Å². The summed E-state index contributed by atoms with van der Waals surface area (Å²) in [7, 11) is 0. The minimum Gasteiger partial charge on any atom is -0.424 e. The molecule has 0 saturated heterocycles. The summed E-state index contributed by atoms with van der Waals surface area (Å²) in [5.74, 6) is -7.90. The molecule has 1 amide bonds. The maximum atomic E-state index is 13.0. The van der Waals surface area contributed by atoms with Gasteiger partial charge in [-0.2, -0.15) is 26.3 Å². The minimum absolute atomic E-state index is 0.0301. The summed E-state index contributed by atoms with van der Waals surface area (Å²) in [6, 6.07) is 3.01. The second kappa shape index (κ2) is 4.58. The van der Waals surface area contributed by atoms with Crippen LogP contribution in [0, 0.1) is 0 Å². The van der Waals surface area contributed by atoms with E-state index in [1.54, 1.807) is 0 Å². The third kappa shape index (κ3) is 2.80. The normalized spacial score (nSPS) is 21.3. The number of hydrogen-bond acceptors (Lipinski definition) is 3. The zero-order valence-corrected chi connectivity index (χ0v) is 10.4. The van der Waals surface area contributed by atoms with Crippen molar-refractivity contribution in [1.82, 2.24) is 5.32 Å². The van der Waals surface area contributed by atoms with Gasteiger partial charge in [-0.05, 0) is 12.1 Å². The molecule has 11 heteroatoms. The van der Waals surface area contributed by atoms with Crippen LogP contribution in [0.1, 0.15) is 0 Å². The number of benzene rings is 1. The van der Waals surface area contributed by atoms with Crippen LogP contribution in [-0.4, -0.2) is 24.2 Å². The Hall–Kier alpha value is -1.84. The molecule has 116 valence electrons. The molecule has 2 rings (SSSR count). The lowest BCUT2D eigenvalue weighted by molar-refractivity contribution is -0.322. The summed E-state index contributed by atoms with van der Waals surface area (Å²) in [5, 5.41) is 0.632. The van der Waals surface area contributed by atoms with E-state index in [2.05, 4.69) is 9.47 Å². The second-order valence-corrected chi connectivity index (χ2v) is 4.30. The van der Waals surface area contributed by atoms with Crippen molar-refractivity contribution in [3.05, 3.63) is 23.2 Å². The number of rotatable bonds is 1. The molecule has 1 aromatic carbocycles. The van der Waals surface area contributed by atoms with E-state index in [1.165, 1.54) is 0 Å². The molecule has 0 aliphatic carbocycles. The topological polar surface area (TPSA) is 47.6 Å². The Labute approximate surface area is 117 Å². The summed E-state index contributed by atoms with van der Waals surface area (Å²) in [5.41, 5.74) is 0. The van der Waals surface area contributed by atoms with Gasteiger partial charge in [0, 0.05) is 11.1 Å². The Morgan fingerprint density at radius 1 is 1.10 bits per heavy atom. The Morgan fingerprint density at radius 3 is 2.19 bits per heavy atom. The number of halogens is 7. The van der Waals surface area contributed by atoms with Crippen LogP contribution in [-0.2, 0) is 4.79 Å². The predicted octanol–water partition coefficient (Wildman–Crippen LogP) is 3.01. The van der Waals surface area contributed by atoms with Crippen molar-refractivity contribution in [2.45, 2.75) is 18.3 Å². The first-order valence-corrected chi connectivity index (χ1v) is 5.46. The third-order valence-corrected chi connectivity index (χ3v) is 2.56. The standard InChI is InChI=1S/C10H4ClF6NO3/c11-4-1-2-5-6(3-4)21-10(20-5,9(15,16)17)18-7(19)8(12,13)14/h1-3H,(H,18,19)/t10-/m0/s1. The maximum absolute atomic E-state index is 13.0. The molecule has 4 nitrogen and oxygen atoms in total. The van der Waals surface area contributed by atoms with Crippen LogP contribution in [0.5, 0.6) is 11.5 Å². The molecule has 21 heavy (non-hydrogen) atoms. The van der Waals surface area contributed by atoms with Crippen molar-refractivity contribution in [2.75, 3.05) is 0 Å². The smallest absolute Gasteiger partial charge is 0.424 e. The number of amides is 1. The predicted molar refractivity (Wildman–Crippen MR) is 55.7 cm³/mol. The van der Waals surface area contributed by atoms with Gasteiger partial charge in [0.05, 0.1) is 0 Å². The average Bonchev–Trinajstić information content (AvgIpc) is 2.65.